The average Bonchev–Trinajstić information content (AvgIpc) is 3.61. The van der Waals surface area contributed by atoms with E-state index in [2.05, 4.69) is 134 Å². The van der Waals surface area contributed by atoms with Gasteiger partial charge in [0.15, 0.2) is 0 Å². The molecule has 51 heavy (non-hydrogen) atoms. The maximum absolute atomic E-state index is 15.1. The lowest BCUT2D eigenvalue weighted by Crippen LogP contribution is -2.25. The van der Waals surface area contributed by atoms with Crippen molar-refractivity contribution >= 4 is 87.2 Å². The summed E-state index contributed by atoms with van der Waals surface area (Å²) in [6, 6.07) is 34.8. The fourth-order valence-corrected chi connectivity index (χ4v) is 10.1. The summed E-state index contributed by atoms with van der Waals surface area (Å²) in [4.78, 5) is 30.2. The van der Waals surface area contributed by atoms with Crippen LogP contribution in [0.3, 0.4) is 0 Å². The lowest BCUT2D eigenvalue weighted by atomic mass is 9.87. The third kappa shape index (κ3) is 4.05. The van der Waals surface area contributed by atoms with Crippen LogP contribution >= 0.6 is 22.6 Å². The molecule has 246 valence electrons. The van der Waals surface area contributed by atoms with Crippen molar-refractivity contribution in [3.05, 3.63) is 144 Å². The van der Waals surface area contributed by atoms with Gasteiger partial charge >= 0.3 is 0 Å². The van der Waals surface area contributed by atoms with Crippen LogP contribution in [0.2, 0.25) is 0 Å². The zero-order valence-corrected chi connectivity index (χ0v) is 31.2. The minimum Gasteiger partial charge on any atom is -0.268 e. The molecule has 0 fully saturated rings. The van der Waals surface area contributed by atoms with Gasteiger partial charge in [0.25, 0.3) is 11.1 Å². The molecule has 9 aromatic carbocycles. The van der Waals surface area contributed by atoms with E-state index in [0.717, 1.165) is 77.8 Å². The van der Waals surface area contributed by atoms with E-state index in [1.54, 1.807) is 0 Å². The summed E-state index contributed by atoms with van der Waals surface area (Å²) in [6.07, 6.45) is 3.20. The molecular weight excluding hydrogens is 737 g/mol. The summed E-state index contributed by atoms with van der Waals surface area (Å²) in [5.41, 5.74) is 9.01. The lowest BCUT2D eigenvalue weighted by Gasteiger charge is -2.15. The molecule has 10 rings (SSSR count). The molecule has 0 saturated carbocycles. The van der Waals surface area contributed by atoms with Crippen LogP contribution < -0.4 is 11.1 Å². The van der Waals surface area contributed by atoms with Crippen molar-refractivity contribution in [1.82, 2.24) is 4.57 Å². The van der Waals surface area contributed by atoms with E-state index in [9.17, 15) is 0 Å². The highest BCUT2D eigenvalue weighted by molar-refractivity contribution is 14.1. The summed E-state index contributed by atoms with van der Waals surface area (Å²) in [5.74, 6) is 0. The maximum Gasteiger partial charge on any atom is 0.266 e. The molecule has 0 aliphatic carbocycles. The van der Waals surface area contributed by atoms with Gasteiger partial charge in [0.2, 0.25) is 0 Å². The predicted molar refractivity (Wildman–Crippen MR) is 225 cm³/mol. The standard InChI is InChI=1S/C47H34INO2/c1-5-6-11-27-12-7-8-13-29(27)33-22-35-41-39-31(33)18-16-28-17-19-32-34(30-14-9-10-15-37(30)48)23-36(42(41)40(32)38(28)39)44-43(35)46(50)49(47(44)51)45-25(3)20-24(2)21-26(45)4/h7-10,12-23H,5-6,11H2,1-4H3. The Morgan fingerprint density at radius 1 is 0.549 bits per heavy atom. The van der Waals surface area contributed by atoms with Gasteiger partial charge in [-0.2, -0.15) is 0 Å². The Morgan fingerprint density at radius 3 is 1.67 bits per heavy atom. The number of halogens is 1. The summed E-state index contributed by atoms with van der Waals surface area (Å²) < 4.78 is 2.61. The van der Waals surface area contributed by atoms with E-state index >= 15 is 9.59 Å². The van der Waals surface area contributed by atoms with E-state index in [4.69, 9.17) is 0 Å². The Bertz CT molecular complexity index is 3130. The van der Waals surface area contributed by atoms with E-state index < -0.39 is 0 Å². The first-order valence-electron chi connectivity index (χ1n) is 17.9. The average molecular weight is 772 g/mol. The predicted octanol–water partition coefficient (Wildman–Crippen LogP) is 12.1. The van der Waals surface area contributed by atoms with Crippen molar-refractivity contribution in [2.75, 3.05) is 0 Å². The van der Waals surface area contributed by atoms with Crippen LogP contribution in [0, 0.1) is 24.3 Å². The van der Waals surface area contributed by atoms with Gasteiger partial charge < -0.3 is 0 Å². The minimum atomic E-state index is -0.242. The van der Waals surface area contributed by atoms with Gasteiger partial charge in [-0.05, 0) is 167 Å². The quantitative estimate of drug-likeness (QED) is 0.125. The number of benzene rings is 8. The molecule has 0 radical (unpaired) electrons. The summed E-state index contributed by atoms with van der Waals surface area (Å²) >= 11 is 2.42. The molecule has 0 atom stereocenters. The summed E-state index contributed by atoms with van der Waals surface area (Å²) in [6.45, 7) is 8.29. The number of rotatable bonds is 6. The Hall–Kier alpha value is -5.07. The van der Waals surface area contributed by atoms with Crippen LogP contribution in [0.4, 0.5) is 0 Å². The molecule has 1 heterocycles. The second kappa shape index (κ2) is 11.0. The Labute approximate surface area is 308 Å². The van der Waals surface area contributed by atoms with Crippen LogP contribution in [0.5, 0.6) is 0 Å². The molecule has 0 amide bonds. The number of hydrogen-bond donors (Lipinski definition) is 0. The monoisotopic (exact) mass is 771 g/mol. The molecule has 1 aromatic heterocycles. The van der Waals surface area contributed by atoms with Crippen molar-refractivity contribution < 1.29 is 0 Å². The smallest absolute Gasteiger partial charge is 0.266 e. The first-order chi connectivity index (χ1) is 24.8. The van der Waals surface area contributed by atoms with Gasteiger partial charge in [-0.3, -0.25) is 9.59 Å². The van der Waals surface area contributed by atoms with Crippen LogP contribution in [0.25, 0.3) is 92.6 Å². The first kappa shape index (κ1) is 30.7. The largest absolute Gasteiger partial charge is 0.268 e. The molecule has 0 saturated heterocycles. The minimum absolute atomic E-state index is 0.240. The fraction of sp³-hybridized carbons (Fsp3) is 0.149. The van der Waals surface area contributed by atoms with Gasteiger partial charge in [0.05, 0.1) is 16.5 Å². The van der Waals surface area contributed by atoms with Gasteiger partial charge in [0, 0.05) is 3.57 Å². The molecule has 0 spiro atoms. The second-order valence-electron chi connectivity index (χ2n) is 14.5. The van der Waals surface area contributed by atoms with Gasteiger partial charge in [-0.25, -0.2) is 4.57 Å². The van der Waals surface area contributed by atoms with E-state index in [-0.39, 0.29) is 11.1 Å². The SMILES string of the molecule is CCCCc1ccccc1-c1cc2c3c(=O)n(-c4c(C)cc(C)cc4C)c(=O)c3c3cc(-c4ccccc4I)c4ccc5ccc1c1c5c4c3c21. The van der Waals surface area contributed by atoms with Crippen LogP contribution in [0.1, 0.15) is 42.0 Å². The van der Waals surface area contributed by atoms with Crippen LogP contribution in [-0.2, 0) is 6.42 Å². The topological polar surface area (TPSA) is 39.1 Å². The van der Waals surface area contributed by atoms with Gasteiger partial charge in [0.1, 0.15) is 0 Å². The molecule has 0 unspecified atom stereocenters. The van der Waals surface area contributed by atoms with E-state index in [1.807, 2.05) is 13.8 Å². The number of nitrogens with zero attached hydrogens (tertiary/aromatic N) is 1. The van der Waals surface area contributed by atoms with Crippen molar-refractivity contribution in [3.63, 3.8) is 0 Å². The van der Waals surface area contributed by atoms with E-state index in [0.29, 0.717) is 16.5 Å². The summed E-state index contributed by atoms with van der Waals surface area (Å²) in [5, 5.41) is 12.1. The maximum atomic E-state index is 15.1. The van der Waals surface area contributed by atoms with Gasteiger partial charge in [-0.1, -0.05) is 97.8 Å². The van der Waals surface area contributed by atoms with Crippen molar-refractivity contribution in [2.45, 2.75) is 47.0 Å². The molecule has 0 N–H and O–H groups in total. The molecule has 0 aliphatic rings. The van der Waals surface area contributed by atoms with Gasteiger partial charge in [-0.15, -0.1) is 0 Å². The summed E-state index contributed by atoms with van der Waals surface area (Å²) in [7, 11) is 0. The lowest BCUT2D eigenvalue weighted by molar-refractivity contribution is 0.796. The van der Waals surface area contributed by atoms with Crippen molar-refractivity contribution in [2.24, 2.45) is 0 Å². The highest BCUT2D eigenvalue weighted by Gasteiger charge is 2.30. The molecule has 10 aromatic rings. The third-order valence-electron chi connectivity index (χ3n) is 11.4. The normalized spacial score (nSPS) is 12.4. The van der Waals surface area contributed by atoms with E-state index in [1.165, 1.54) is 48.0 Å². The second-order valence-corrected chi connectivity index (χ2v) is 15.6. The third-order valence-corrected chi connectivity index (χ3v) is 12.3. The Kier molecular flexibility index (Phi) is 6.61. The Morgan fingerprint density at radius 2 is 1.08 bits per heavy atom. The zero-order valence-electron chi connectivity index (χ0n) is 29.0. The van der Waals surface area contributed by atoms with Crippen molar-refractivity contribution in [3.8, 4) is 27.9 Å². The van der Waals surface area contributed by atoms with Crippen LogP contribution in [0.15, 0.2) is 107 Å². The Balaban J connectivity index is 1.49. The fourth-order valence-electron chi connectivity index (χ4n) is 9.41. The molecule has 0 aliphatic heterocycles. The van der Waals surface area contributed by atoms with Crippen LogP contribution in [-0.4, -0.2) is 4.57 Å². The van der Waals surface area contributed by atoms with Crippen molar-refractivity contribution in [1.29, 1.82) is 0 Å². The molecule has 3 nitrogen and oxygen atoms in total. The highest BCUT2D eigenvalue weighted by atomic mass is 127. The number of aryl methyl sites for hydroxylation is 4. The number of hydrogen-bond acceptors (Lipinski definition) is 2. The molecule has 0 bridgehead atoms. The number of aromatic nitrogens is 1. The first-order valence-corrected chi connectivity index (χ1v) is 18.9. The molecule has 4 heteroatoms. The number of unbranched alkanes of at least 4 members (excludes halogenated alkanes) is 1. The molecular formula is C47H34INO2. The number of fused-ring (bicyclic) bond motifs is 3. The highest BCUT2D eigenvalue weighted by Crippen LogP contribution is 2.54. The zero-order chi connectivity index (χ0) is 34.9.